The van der Waals surface area contributed by atoms with Crippen LogP contribution in [0.25, 0.3) is 21.9 Å². The molecule has 3 unspecified atom stereocenters. The molecule has 0 radical (unpaired) electrons. The third kappa shape index (κ3) is 3.86. The highest BCUT2D eigenvalue weighted by Gasteiger charge is 2.39. The fourth-order valence-corrected chi connectivity index (χ4v) is 5.03. The lowest BCUT2D eigenvalue weighted by molar-refractivity contribution is 0.00200. The highest BCUT2D eigenvalue weighted by Crippen LogP contribution is 2.44. The van der Waals surface area contributed by atoms with Crippen LogP contribution in [0.2, 0.25) is 0 Å². The largest absolute Gasteiger partial charge is 0.508 e. The van der Waals surface area contributed by atoms with Crippen molar-refractivity contribution >= 4 is 49.5 Å². The summed E-state index contributed by atoms with van der Waals surface area (Å²) in [7, 11) is 0. The molecule has 0 bridgehead atoms. The van der Waals surface area contributed by atoms with E-state index >= 15 is 0 Å². The molecular formula is C23H25BrN6O2. The van der Waals surface area contributed by atoms with Gasteiger partial charge in [0, 0.05) is 17.6 Å². The minimum atomic E-state index is 0.112. The number of nitrogens with zero attached hydrogens (tertiary/aromatic N) is 4. The number of rotatable bonds is 1. The number of aromatic hydroxyl groups is 1. The Balaban J connectivity index is 0.000000146. The van der Waals surface area contributed by atoms with Crippen LogP contribution in [0, 0.1) is 12.8 Å². The summed E-state index contributed by atoms with van der Waals surface area (Å²) in [6.07, 6.45) is 7.50. The Hall–Kier alpha value is -2.91. The molecule has 3 aromatic heterocycles. The van der Waals surface area contributed by atoms with Gasteiger partial charge in [-0.2, -0.15) is 0 Å². The summed E-state index contributed by atoms with van der Waals surface area (Å²) >= 11 is 3.28. The van der Waals surface area contributed by atoms with Crippen molar-refractivity contribution < 1.29 is 9.84 Å². The van der Waals surface area contributed by atoms with Crippen molar-refractivity contribution in [3.05, 3.63) is 46.8 Å². The van der Waals surface area contributed by atoms with Gasteiger partial charge in [-0.15, -0.1) is 0 Å². The average Bonchev–Trinajstić information content (AvgIpc) is 3.44. The van der Waals surface area contributed by atoms with E-state index in [0.717, 1.165) is 33.2 Å². The molecule has 1 aromatic carbocycles. The molecule has 8 nitrogen and oxygen atoms in total. The van der Waals surface area contributed by atoms with Gasteiger partial charge >= 0.3 is 0 Å². The van der Waals surface area contributed by atoms with Gasteiger partial charge in [0.1, 0.15) is 35.1 Å². The first-order chi connectivity index (χ1) is 15.4. The van der Waals surface area contributed by atoms with Crippen LogP contribution in [-0.2, 0) is 4.74 Å². The summed E-state index contributed by atoms with van der Waals surface area (Å²) in [5.74, 6) is 2.62. The molecule has 9 heteroatoms. The van der Waals surface area contributed by atoms with E-state index in [4.69, 9.17) is 16.2 Å². The maximum Gasteiger partial charge on any atom is 0.147 e. The number of pyridine rings is 1. The summed E-state index contributed by atoms with van der Waals surface area (Å²) in [4.78, 5) is 12.8. The smallest absolute Gasteiger partial charge is 0.147 e. The molecule has 3 atom stereocenters. The first-order valence-corrected chi connectivity index (χ1v) is 11.5. The second kappa shape index (κ2) is 8.22. The number of halogens is 1. The minimum absolute atomic E-state index is 0.112. The molecule has 1 saturated carbocycles. The quantitative estimate of drug-likeness (QED) is 0.348. The Morgan fingerprint density at radius 3 is 2.75 bits per heavy atom. The number of ether oxygens (including phenoxy) is 1. The number of aryl methyl sites for hydroxylation is 1. The van der Waals surface area contributed by atoms with E-state index in [1.165, 1.54) is 19.3 Å². The Labute approximate surface area is 193 Å². The van der Waals surface area contributed by atoms with Gasteiger partial charge in [0.05, 0.1) is 21.5 Å². The Morgan fingerprint density at radius 2 is 1.94 bits per heavy atom. The van der Waals surface area contributed by atoms with Crippen molar-refractivity contribution in [1.82, 2.24) is 19.5 Å². The molecule has 4 aromatic rings. The molecular weight excluding hydrogens is 472 g/mol. The first kappa shape index (κ1) is 21.0. The number of nitrogens with two attached hydrogens (primary N) is 2. The Bertz CT molecular complexity index is 1290. The Morgan fingerprint density at radius 1 is 1.09 bits per heavy atom. The number of nitrogen functional groups attached to an aromatic ring is 2. The highest BCUT2D eigenvalue weighted by atomic mass is 79.9. The molecule has 5 N–H and O–H groups in total. The van der Waals surface area contributed by atoms with Crippen LogP contribution >= 0.6 is 15.9 Å². The number of fused-ring (bicyclic) bond motifs is 3. The molecule has 2 fully saturated rings. The maximum absolute atomic E-state index is 9.20. The number of benzene rings is 1. The molecule has 2 aliphatic rings. The highest BCUT2D eigenvalue weighted by molar-refractivity contribution is 9.10. The number of phenols is 1. The molecule has 166 valence electrons. The van der Waals surface area contributed by atoms with E-state index in [0.29, 0.717) is 29.1 Å². The monoisotopic (exact) mass is 496 g/mol. The zero-order valence-corrected chi connectivity index (χ0v) is 19.3. The van der Waals surface area contributed by atoms with Crippen LogP contribution in [0.3, 0.4) is 0 Å². The van der Waals surface area contributed by atoms with Gasteiger partial charge in [0.2, 0.25) is 0 Å². The maximum atomic E-state index is 9.20. The van der Waals surface area contributed by atoms with Crippen molar-refractivity contribution in [2.45, 2.75) is 44.9 Å². The average molecular weight is 497 g/mol. The number of hydrogen-bond acceptors (Lipinski definition) is 7. The minimum Gasteiger partial charge on any atom is -0.508 e. The predicted octanol–water partition coefficient (Wildman–Crippen LogP) is 4.69. The fraction of sp³-hybridized carbons (Fsp3) is 0.348. The van der Waals surface area contributed by atoms with Crippen molar-refractivity contribution in [2.75, 3.05) is 11.5 Å². The predicted molar refractivity (Wildman–Crippen MR) is 128 cm³/mol. The number of anilines is 2. The number of aromatic nitrogens is 4. The van der Waals surface area contributed by atoms with Gasteiger partial charge < -0.3 is 25.9 Å². The summed E-state index contributed by atoms with van der Waals surface area (Å²) in [5.41, 5.74) is 13.1. The van der Waals surface area contributed by atoms with Crippen LogP contribution in [0.1, 0.15) is 37.7 Å². The van der Waals surface area contributed by atoms with Gasteiger partial charge in [-0.1, -0.05) is 6.42 Å². The van der Waals surface area contributed by atoms with E-state index in [9.17, 15) is 5.11 Å². The first-order valence-electron chi connectivity index (χ1n) is 10.7. The second-order valence-corrected chi connectivity index (χ2v) is 9.26. The van der Waals surface area contributed by atoms with E-state index in [-0.39, 0.29) is 12.0 Å². The van der Waals surface area contributed by atoms with Crippen LogP contribution < -0.4 is 11.5 Å². The molecule has 1 aliphatic carbocycles. The van der Waals surface area contributed by atoms with Gasteiger partial charge in [0.15, 0.2) is 0 Å². The second-order valence-electron chi connectivity index (χ2n) is 8.40. The lowest BCUT2D eigenvalue weighted by Crippen LogP contribution is -2.11. The molecule has 1 aliphatic heterocycles. The van der Waals surface area contributed by atoms with Crippen LogP contribution in [0.5, 0.6) is 5.75 Å². The van der Waals surface area contributed by atoms with E-state index < -0.39 is 0 Å². The summed E-state index contributed by atoms with van der Waals surface area (Å²) in [5, 5.41) is 11.1. The topological polar surface area (TPSA) is 125 Å². The molecule has 6 rings (SSSR count). The van der Waals surface area contributed by atoms with Gasteiger partial charge in [-0.05, 0) is 72.3 Å². The zero-order valence-electron chi connectivity index (χ0n) is 17.7. The van der Waals surface area contributed by atoms with Gasteiger partial charge in [-0.3, -0.25) is 0 Å². The third-order valence-corrected chi connectivity index (χ3v) is 6.87. The fourth-order valence-electron chi connectivity index (χ4n) is 4.69. The van der Waals surface area contributed by atoms with E-state index in [1.807, 2.05) is 25.3 Å². The van der Waals surface area contributed by atoms with Crippen molar-refractivity contribution in [1.29, 1.82) is 0 Å². The summed E-state index contributed by atoms with van der Waals surface area (Å²) < 4.78 is 9.07. The van der Waals surface area contributed by atoms with Crippen molar-refractivity contribution in [2.24, 2.45) is 5.92 Å². The molecule has 4 heterocycles. The molecule has 1 saturated heterocycles. The lowest BCUT2D eigenvalue weighted by atomic mass is 10.0. The zero-order chi connectivity index (χ0) is 22.4. The van der Waals surface area contributed by atoms with E-state index in [2.05, 4.69) is 35.4 Å². The number of phenolic OH excluding ortho intramolecular Hbond substituents is 1. The SMILES string of the molecule is Cc1nc(N)c2ccn(C3CC4CCCC4O3)c2n1.Nc1nc2cc(O)ccc2cc1Br. The third-order valence-electron chi connectivity index (χ3n) is 6.23. The van der Waals surface area contributed by atoms with Gasteiger partial charge in [0.25, 0.3) is 0 Å². The van der Waals surface area contributed by atoms with Crippen LogP contribution in [-0.4, -0.2) is 30.7 Å². The Kier molecular flexibility index (Phi) is 5.38. The molecule has 0 amide bonds. The summed E-state index contributed by atoms with van der Waals surface area (Å²) in [6, 6.07) is 8.85. The van der Waals surface area contributed by atoms with Crippen molar-refractivity contribution in [3.63, 3.8) is 0 Å². The normalized spacial score (nSPS) is 22.1. The van der Waals surface area contributed by atoms with Crippen molar-refractivity contribution in [3.8, 4) is 5.75 Å². The van der Waals surface area contributed by atoms with Gasteiger partial charge in [-0.25, -0.2) is 15.0 Å². The summed E-state index contributed by atoms with van der Waals surface area (Å²) in [6.45, 7) is 1.87. The van der Waals surface area contributed by atoms with Crippen LogP contribution in [0.4, 0.5) is 11.6 Å². The lowest BCUT2D eigenvalue weighted by Gasteiger charge is -2.15. The van der Waals surface area contributed by atoms with Crippen LogP contribution in [0.15, 0.2) is 41.0 Å². The molecule has 0 spiro atoms. The number of hydrogen-bond donors (Lipinski definition) is 3. The van der Waals surface area contributed by atoms with E-state index in [1.54, 1.807) is 18.2 Å². The molecule has 32 heavy (non-hydrogen) atoms. The standard InChI is InChI=1S/C14H18N4O.C9H7BrN2O/c1-8-16-13(15)10-5-6-18(14(10)17-8)12-7-9-3-2-4-11(9)19-12;10-7-3-5-1-2-6(13)4-8(5)12-9(7)11/h5-6,9,11-12H,2-4,7H2,1H3,(H2,15,16,17);1-4,13H,(H2,11,12).